The molecule has 1 aromatic rings. The molecule has 0 amide bonds. The van der Waals surface area contributed by atoms with Gasteiger partial charge < -0.3 is 9.88 Å². The first kappa shape index (κ1) is 10.4. The summed E-state index contributed by atoms with van der Waals surface area (Å²) in [5, 5.41) is 3.50. The highest BCUT2D eigenvalue weighted by Gasteiger charge is 2.13. The molecule has 3 nitrogen and oxygen atoms in total. The van der Waals surface area contributed by atoms with Crippen molar-refractivity contribution in [2.45, 2.75) is 38.3 Å². The molecule has 1 heterocycles. The second-order valence-corrected chi connectivity index (χ2v) is 4.17. The van der Waals surface area contributed by atoms with E-state index in [9.17, 15) is 4.79 Å². The normalized spacial score (nSPS) is 17.1. The lowest BCUT2D eigenvalue weighted by Gasteiger charge is -2.12. The van der Waals surface area contributed by atoms with Crippen LogP contribution in [-0.2, 0) is 6.54 Å². The molecule has 0 atom stereocenters. The molecule has 1 N–H and O–H groups in total. The molecule has 0 spiro atoms. The van der Waals surface area contributed by atoms with E-state index in [1.165, 1.54) is 25.7 Å². The van der Waals surface area contributed by atoms with Gasteiger partial charge in [0.15, 0.2) is 0 Å². The van der Waals surface area contributed by atoms with E-state index in [2.05, 4.69) is 5.32 Å². The Morgan fingerprint density at radius 2 is 2.13 bits per heavy atom. The monoisotopic (exact) mass is 206 g/mol. The first-order chi connectivity index (χ1) is 7.36. The quantitative estimate of drug-likeness (QED) is 0.807. The minimum Gasteiger partial charge on any atom is -0.314 e. The van der Waals surface area contributed by atoms with Crippen molar-refractivity contribution >= 4 is 0 Å². The zero-order chi connectivity index (χ0) is 10.5. The number of hydrogen-bond acceptors (Lipinski definition) is 2. The van der Waals surface area contributed by atoms with Crippen molar-refractivity contribution in [3.63, 3.8) is 0 Å². The van der Waals surface area contributed by atoms with Crippen LogP contribution in [0.25, 0.3) is 0 Å². The van der Waals surface area contributed by atoms with E-state index in [0.717, 1.165) is 13.1 Å². The number of pyridine rings is 1. The molecular formula is C12H18N2O. The molecule has 15 heavy (non-hydrogen) atoms. The standard InChI is InChI=1S/C12H18N2O/c15-12-7-3-4-9-14(12)10-8-13-11-5-1-2-6-11/h3-4,7,9,11,13H,1-2,5-6,8,10H2. The highest BCUT2D eigenvalue weighted by atomic mass is 16.1. The second kappa shape index (κ2) is 5.12. The van der Waals surface area contributed by atoms with Gasteiger partial charge in [-0.05, 0) is 18.9 Å². The molecule has 0 aliphatic heterocycles. The van der Waals surface area contributed by atoms with Gasteiger partial charge in [-0.1, -0.05) is 18.9 Å². The summed E-state index contributed by atoms with van der Waals surface area (Å²) in [6.45, 7) is 1.67. The van der Waals surface area contributed by atoms with Crippen LogP contribution in [0, 0.1) is 0 Å². The third kappa shape index (κ3) is 2.93. The lowest BCUT2D eigenvalue weighted by atomic mass is 10.2. The number of hydrogen-bond donors (Lipinski definition) is 1. The molecular weight excluding hydrogens is 188 g/mol. The summed E-state index contributed by atoms with van der Waals surface area (Å²) in [6, 6.07) is 5.97. The Labute approximate surface area is 90.1 Å². The van der Waals surface area contributed by atoms with Crippen LogP contribution in [0.15, 0.2) is 29.2 Å². The van der Waals surface area contributed by atoms with Crippen molar-refractivity contribution in [3.05, 3.63) is 34.7 Å². The highest BCUT2D eigenvalue weighted by Crippen LogP contribution is 2.17. The average Bonchev–Trinajstić information content (AvgIpc) is 2.74. The van der Waals surface area contributed by atoms with E-state index in [0.29, 0.717) is 6.04 Å². The van der Waals surface area contributed by atoms with Crippen LogP contribution in [0.3, 0.4) is 0 Å². The molecule has 2 rings (SSSR count). The van der Waals surface area contributed by atoms with Crippen LogP contribution in [0.5, 0.6) is 0 Å². The lowest BCUT2D eigenvalue weighted by Crippen LogP contribution is -2.31. The van der Waals surface area contributed by atoms with Gasteiger partial charge in [0, 0.05) is 31.4 Å². The lowest BCUT2D eigenvalue weighted by molar-refractivity contribution is 0.492. The molecule has 1 aliphatic rings. The van der Waals surface area contributed by atoms with Gasteiger partial charge in [-0.2, -0.15) is 0 Å². The van der Waals surface area contributed by atoms with Crippen LogP contribution in [0.1, 0.15) is 25.7 Å². The van der Waals surface area contributed by atoms with Crippen molar-refractivity contribution in [1.29, 1.82) is 0 Å². The van der Waals surface area contributed by atoms with Crippen LogP contribution in [0.4, 0.5) is 0 Å². The molecule has 0 aromatic carbocycles. The minimum atomic E-state index is 0.0886. The molecule has 0 bridgehead atoms. The van der Waals surface area contributed by atoms with Crippen molar-refractivity contribution < 1.29 is 0 Å². The molecule has 3 heteroatoms. The second-order valence-electron chi connectivity index (χ2n) is 4.17. The van der Waals surface area contributed by atoms with E-state index < -0.39 is 0 Å². The summed E-state index contributed by atoms with van der Waals surface area (Å²) in [6.07, 6.45) is 7.14. The van der Waals surface area contributed by atoms with E-state index in [1.54, 1.807) is 16.7 Å². The third-order valence-corrected chi connectivity index (χ3v) is 3.04. The Balaban J connectivity index is 1.78. The number of rotatable bonds is 4. The molecule has 1 saturated carbocycles. The van der Waals surface area contributed by atoms with E-state index in [4.69, 9.17) is 0 Å². The first-order valence-corrected chi connectivity index (χ1v) is 5.75. The Hall–Kier alpha value is -1.09. The van der Waals surface area contributed by atoms with Gasteiger partial charge in [-0.15, -0.1) is 0 Å². The summed E-state index contributed by atoms with van der Waals surface area (Å²) in [7, 11) is 0. The fourth-order valence-corrected chi connectivity index (χ4v) is 2.16. The molecule has 1 aliphatic carbocycles. The summed E-state index contributed by atoms with van der Waals surface area (Å²) in [4.78, 5) is 11.4. The van der Waals surface area contributed by atoms with Gasteiger partial charge in [-0.3, -0.25) is 4.79 Å². The molecule has 0 radical (unpaired) electrons. The zero-order valence-corrected chi connectivity index (χ0v) is 8.98. The van der Waals surface area contributed by atoms with Crippen molar-refractivity contribution in [3.8, 4) is 0 Å². The van der Waals surface area contributed by atoms with Crippen LogP contribution >= 0.6 is 0 Å². The van der Waals surface area contributed by atoms with Crippen LogP contribution in [0.2, 0.25) is 0 Å². The third-order valence-electron chi connectivity index (χ3n) is 3.04. The van der Waals surface area contributed by atoms with Crippen molar-refractivity contribution in [2.75, 3.05) is 6.54 Å². The molecule has 0 unspecified atom stereocenters. The Kier molecular flexibility index (Phi) is 3.56. The molecule has 1 fully saturated rings. The van der Waals surface area contributed by atoms with Gasteiger partial charge in [0.2, 0.25) is 0 Å². The molecule has 82 valence electrons. The Morgan fingerprint density at radius 3 is 2.87 bits per heavy atom. The Bertz CT molecular complexity index is 353. The largest absolute Gasteiger partial charge is 0.314 e. The van der Waals surface area contributed by atoms with Crippen LogP contribution < -0.4 is 10.9 Å². The number of aromatic nitrogens is 1. The summed E-state index contributed by atoms with van der Waals surface area (Å²) < 4.78 is 1.75. The fraction of sp³-hybridized carbons (Fsp3) is 0.583. The van der Waals surface area contributed by atoms with Gasteiger partial charge in [0.25, 0.3) is 5.56 Å². The SMILES string of the molecule is O=c1ccccn1CCNC1CCCC1. The summed E-state index contributed by atoms with van der Waals surface area (Å²) >= 11 is 0. The van der Waals surface area contributed by atoms with E-state index in [1.807, 2.05) is 12.3 Å². The summed E-state index contributed by atoms with van der Waals surface area (Å²) in [5.74, 6) is 0. The maximum absolute atomic E-state index is 11.4. The molecule has 1 aromatic heterocycles. The zero-order valence-electron chi connectivity index (χ0n) is 8.98. The first-order valence-electron chi connectivity index (χ1n) is 5.75. The average molecular weight is 206 g/mol. The Morgan fingerprint density at radius 1 is 1.33 bits per heavy atom. The van der Waals surface area contributed by atoms with E-state index in [-0.39, 0.29) is 5.56 Å². The number of nitrogens with zero attached hydrogens (tertiary/aromatic N) is 1. The van der Waals surface area contributed by atoms with Crippen molar-refractivity contribution in [1.82, 2.24) is 9.88 Å². The van der Waals surface area contributed by atoms with Gasteiger partial charge in [0.1, 0.15) is 0 Å². The van der Waals surface area contributed by atoms with Crippen LogP contribution in [-0.4, -0.2) is 17.2 Å². The maximum Gasteiger partial charge on any atom is 0.250 e. The predicted octanol–water partition coefficient (Wildman–Crippen LogP) is 1.38. The molecule has 0 saturated heterocycles. The van der Waals surface area contributed by atoms with Crippen molar-refractivity contribution in [2.24, 2.45) is 0 Å². The summed E-state index contributed by atoms with van der Waals surface area (Å²) in [5.41, 5.74) is 0.0886. The smallest absolute Gasteiger partial charge is 0.250 e. The fourth-order valence-electron chi connectivity index (χ4n) is 2.16. The predicted molar refractivity (Wildman–Crippen MR) is 61.0 cm³/mol. The van der Waals surface area contributed by atoms with Gasteiger partial charge >= 0.3 is 0 Å². The van der Waals surface area contributed by atoms with Gasteiger partial charge in [-0.25, -0.2) is 0 Å². The highest BCUT2D eigenvalue weighted by molar-refractivity contribution is 4.93. The topological polar surface area (TPSA) is 34.0 Å². The maximum atomic E-state index is 11.4. The number of nitrogens with one attached hydrogen (secondary N) is 1. The van der Waals surface area contributed by atoms with E-state index >= 15 is 0 Å². The van der Waals surface area contributed by atoms with Gasteiger partial charge in [0.05, 0.1) is 0 Å². The minimum absolute atomic E-state index is 0.0886.